The second-order valence-electron chi connectivity index (χ2n) is 7.12. The molecule has 2 heterocycles. The van der Waals surface area contributed by atoms with Crippen LogP contribution in [-0.4, -0.2) is 34.1 Å². The van der Waals surface area contributed by atoms with E-state index in [9.17, 15) is 4.79 Å². The standard InChI is InChI=1S/C14H15N3O.C9H12N2/c1-9-2-3-11(6-12(9)16-8-18)14-15-7-13(17-14)10-4-5-10;1-4-6-11-8(3)7-10-9(11)5-2/h2-3,6,8,10H,4-5,7H2,1H3,(H,16,18);4-7H,2H2,1,3H3/b;6-4-. The summed E-state index contributed by atoms with van der Waals surface area (Å²) in [7, 11) is 0. The van der Waals surface area contributed by atoms with Crippen LogP contribution in [0.1, 0.15) is 42.4 Å². The third kappa shape index (κ3) is 4.96. The summed E-state index contributed by atoms with van der Waals surface area (Å²) in [5.41, 5.74) is 5.17. The molecule has 0 radical (unpaired) electrons. The van der Waals surface area contributed by atoms with Gasteiger partial charge in [0.05, 0.1) is 6.54 Å². The van der Waals surface area contributed by atoms with E-state index < -0.39 is 0 Å². The van der Waals surface area contributed by atoms with Crippen molar-refractivity contribution in [3.8, 4) is 0 Å². The number of amides is 1. The van der Waals surface area contributed by atoms with Crippen LogP contribution in [0.4, 0.5) is 5.69 Å². The van der Waals surface area contributed by atoms with Crippen molar-refractivity contribution in [1.82, 2.24) is 9.55 Å². The fourth-order valence-electron chi connectivity index (χ4n) is 3.09. The minimum Gasteiger partial charge on any atom is -0.328 e. The first-order valence-corrected chi connectivity index (χ1v) is 9.79. The zero-order chi connectivity index (χ0) is 20.8. The molecular formula is C23H27N5O. The van der Waals surface area contributed by atoms with Gasteiger partial charge in [0.1, 0.15) is 5.82 Å². The first-order valence-electron chi connectivity index (χ1n) is 9.79. The van der Waals surface area contributed by atoms with Gasteiger partial charge in [0, 0.05) is 35.1 Å². The van der Waals surface area contributed by atoms with Gasteiger partial charge >= 0.3 is 0 Å². The molecule has 150 valence electrons. The minimum atomic E-state index is 0.671. The Morgan fingerprint density at radius 3 is 2.72 bits per heavy atom. The topological polar surface area (TPSA) is 71.6 Å². The molecule has 2 aliphatic rings. The highest BCUT2D eigenvalue weighted by Crippen LogP contribution is 2.32. The van der Waals surface area contributed by atoms with E-state index in [1.54, 1.807) is 6.08 Å². The molecule has 1 amide bonds. The van der Waals surface area contributed by atoms with Gasteiger partial charge in [-0.05, 0) is 57.2 Å². The van der Waals surface area contributed by atoms with Crippen molar-refractivity contribution in [3.05, 3.63) is 59.7 Å². The summed E-state index contributed by atoms with van der Waals surface area (Å²) in [4.78, 5) is 23.8. The van der Waals surface area contributed by atoms with Crippen LogP contribution in [0.3, 0.4) is 0 Å². The molecule has 1 aromatic heterocycles. The van der Waals surface area contributed by atoms with Crippen molar-refractivity contribution in [2.45, 2.75) is 33.6 Å². The molecule has 29 heavy (non-hydrogen) atoms. The van der Waals surface area contributed by atoms with Gasteiger partial charge in [-0.2, -0.15) is 0 Å². The SMILES string of the molecule is C=Cc1ncc(C)n1/C=C\C.Cc1ccc(C2=NCC(C3CC3)=N2)cc1NC=O. The number of aliphatic imine (C=N–C) groups is 2. The number of carbonyl (C=O) groups is 1. The van der Waals surface area contributed by atoms with Crippen LogP contribution in [0.5, 0.6) is 0 Å². The predicted octanol–water partition coefficient (Wildman–Crippen LogP) is 4.50. The van der Waals surface area contributed by atoms with E-state index in [1.807, 2.05) is 62.0 Å². The van der Waals surface area contributed by atoms with Crippen molar-refractivity contribution < 1.29 is 4.79 Å². The summed E-state index contributed by atoms with van der Waals surface area (Å²) in [5, 5.41) is 2.70. The molecule has 1 fully saturated rings. The second kappa shape index (κ2) is 9.28. The van der Waals surface area contributed by atoms with Gasteiger partial charge in [-0.15, -0.1) is 0 Å². The Kier molecular flexibility index (Phi) is 6.54. The minimum absolute atomic E-state index is 0.671. The number of nitrogens with zero attached hydrogens (tertiary/aromatic N) is 4. The highest BCUT2D eigenvalue weighted by Gasteiger charge is 2.29. The summed E-state index contributed by atoms with van der Waals surface area (Å²) in [6.45, 7) is 10.4. The van der Waals surface area contributed by atoms with Gasteiger partial charge in [-0.25, -0.2) is 9.98 Å². The molecule has 6 heteroatoms. The Balaban J connectivity index is 0.000000188. The number of imidazole rings is 1. The molecule has 1 aliphatic carbocycles. The maximum Gasteiger partial charge on any atom is 0.211 e. The smallest absolute Gasteiger partial charge is 0.211 e. The zero-order valence-electron chi connectivity index (χ0n) is 17.2. The molecule has 0 unspecified atom stereocenters. The number of nitrogens with one attached hydrogen (secondary N) is 1. The highest BCUT2D eigenvalue weighted by atomic mass is 16.1. The number of rotatable bonds is 6. The Morgan fingerprint density at radius 1 is 1.28 bits per heavy atom. The maximum atomic E-state index is 10.5. The number of carbonyl (C=O) groups excluding carboxylic acids is 1. The Bertz CT molecular complexity index is 993. The molecule has 2 aromatic rings. The summed E-state index contributed by atoms with van der Waals surface area (Å²) < 4.78 is 1.99. The first kappa shape index (κ1) is 20.5. The summed E-state index contributed by atoms with van der Waals surface area (Å²) in [6, 6.07) is 5.92. The van der Waals surface area contributed by atoms with Crippen LogP contribution in [-0.2, 0) is 4.79 Å². The van der Waals surface area contributed by atoms with E-state index in [2.05, 4.69) is 26.9 Å². The van der Waals surface area contributed by atoms with E-state index in [1.165, 1.54) is 18.6 Å². The number of benzene rings is 1. The number of allylic oxidation sites excluding steroid dienone is 1. The van der Waals surface area contributed by atoms with E-state index in [0.717, 1.165) is 40.7 Å². The lowest BCUT2D eigenvalue weighted by Crippen LogP contribution is -2.02. The van der Waals surface area contributed by atoms with Crippen molar-refractivity contribution in [1.29, 1.82) is 0 Å². The molecule has 1 aliphatic heterocycles. The van der Waals surface area contributed by atoms with E-state index in [-0.39, 0.29) is 0 Å². The quantitative estimate of drug-likeness (QED) is 0.739. The third-order valence-electron chi connectivity index (χ3n) is 4.89. The van der Waals surface area contributed by atoms with Gasteiger partial charge in [0.2, 0.25) is 6.41 Å². The van der Waals surface area contributed by atoms with E-state index in [0.29, 0.717) is 12.3 Å². The Morgan fingerprint density at radius 2 is 2.07 bits per heavy atom. The summed E-state index contributed by atoms with van der Waals surface area (Å²) in [6.07, 6.45) is 10.7. The zero-order valence-corrected chi connectivity index (χ0v) is 17.2. The monoisotopic (exact) mass is 389 g/mol. The molecule has 1 N–H and O–H groups in total. The van der Waals surface area contributed by atoms with Gasteiger partial charge in [-0.3, -0.25) is 9.79 Å². The molecular weight excluding hydrogens is 362 g/mol. The normalized spacial score (nSPS) is 15.4. The lowest BCUT2D eigenvalue weighted by atomic mass is 10.1. The van der Waals surface area contributed by atoms with Crippen LogP contribution in [0.25, 0.3) is 12.3 Å². The van der Waals surface area contributed by atoms with Crippen LogP contribution in [0.2, 0.25) is 0 Å². The van der Waals surface area contributed by atoms with Crippen LogP contribution < -0.4 is 5.32 Å². The average Bonchev–Trinajstić information content (AvgIpc) is 3.35. The van der Waals surface area contributed by atoms with Crippen molar-refractivity contribution >= 4 is 35.9 Å². The molecule has 0 bridgehead atoms. The van der Waals surface area contributed by atoms with Crippen molar-refractivity contribution in [2.75, 3.05) is 11.9 Å². The number of hydrogen-bond acceptors (Lipinski definition) is 4. The number of amidine groups is 1. The Labute approximate surface area is 171 Å². The molecule has 0 saturated heterocycles. The Hall–Kier alpha value is -3.28. The van der Waals surface area contributed by atoms with E-state index in [4.69, 9.17) is 0 Å². The molecule has 0 atom stereocenters. The third-order valence-corrected chi connectivity index (χ3v) is 4.89. The number of anilines is 1. The van der Waals surface area contributed by atoms with Crippen molar-refractivity contribution in [2.24, 2.45) is 15.9 Å². The molecule has 1 saturated carbocycles. The fourth-order valence-corrected chi connectivity index (χ4v) is 3.09. The number of hydrogen-bond donors (Lipinski definition) is 1. The average molecular weight is 390 g/mol. The number of aromatic nitrogens is 2. The lowest BCUT2D eigenvalue weighted by molar-refractivity contribution is -0.105. The van der Waals surface area contributed by atoms with Crippen molar-refractivity contribution in [3.63, 3.8) is 0 Å². The lowest BCUT2D eigenvalue weighted by Gasteiger charge is -2.06. The summed E-state index contributed by atoms with van der Waals surface area (Å²) in [5.74, 6) is 2.36. The number of aryl methyl sites for hydroxylation is 2. The van der Waals surface area contributed by atoms with Gasteiger partial charge < -0.3 is 9.88 Å². The maximum absolute atomic E-state index is 10.5. The van der Waals surface area contributed by atoms with Gasteiger partial charge in [0.25, 0.3) is 0 Å². The highest BCUT2D eigenvalue weighted by molar-refractivity contribution is 6.13. The first-order chi connectivity index (χ1) is 14.1. The fraction of sp³-hybridized carbons (Fsp3) is 0.304. The van der Waals surface area contributed by atoms with E-state index >= 15 is 0 Å². The largest absolute Gasteiger partial charge is 0.328 e. The second-order valence-corrected chi connectivity index (χ2v) is 7.12. The van der Waals surface area contributed by atoms with Crippen LogP contribution in [0, 0.1) is 19.8 Å². The molecule has 4 rings (SSSR count). The van der Waals surface area contributed by atoms with Crippen LogP contribution in [0.15, 0.2) is 47.0 Å². The molecule has 1 aromatic carbocycles. The molecule has 6 nitrogen and oxygen atoms in total. The van der Waals surface area contributed by atoms with Gasteiger partial charge in [0.15, 0.2) is 5.84 Å². The van der Waals surface area contributed by atoms with Gasteiger partial charge in [-0.1, -0.05) is 24.8 Å². The van der Waals surface area contributed by atoms with Crippen LogP contribution >= 0.6 is 0 Å². The predicted molar refractivity (Wildman–Crippen MR) is 120 cm³/mol. The molecule has 0 spiro atoms. The summed E-state index contributed by atoms with van der Waals surface area (Å²) >= 11 is 0.